The Morgan fingerprint density at radius 3 is 2.79 bits per heavy atom. The maximum atomic E-state index is 12.9. The first-order chi connectivity index (χ1) is 20.1. The van der Waals surface area contributed by atoms with Crippen molar-refractivity contribution < 1.29 is 14.8 Å². The summed E-state index contributed by atoms with van der Waals surface area (Å²) < 4.78 is 5.69. The lowest BCUT2D eigenvalue weighted by Gasteiger charge is -2.29. The van der Waals surface area contributed by atoms with Gasteiger partial charge in [0.15, 0.2) is 0 Å². The van der Waals surface area contributed by atoms with Crippen LogP contribution < -0.4 is 16.4 Å². The number of benzene rings is 2. The zero-order valence-electron chi connectivity index (χ0n) is 24.7. The molecular weight excluding hydrogens is 524 g/mol. The van der Waals surface area contributed by atoms with E-state index in [1.54, 1.807) is 6.20 Å². The molecule has 0 radical (unpaired) electrons. The average Bonchev–Trinajstić information content (AvgIpc) is 3.70. The average molecular weight is 566 g/mol. The molecule has 1 amide bonds. The summed E-state index contributed by atoms with van der Waals surface area (Å²) in [5.41, 5.74) is 9.90. The molecule has 42 heavy (non-hydrogen) atoms. The predicted octanol–water partition coefficient (Wildman–Crippen LogP) is 4.14. The minimum atomic E-state index is -0.524. The third-order valence-corrected chi connectivity index (χ3v) is 9.27. The monoisotopic (exact) mass is 565 g/mol. The number of likely N-dealkylation sites (tertiary alicyclic amines) is 1. The molecular formula is C34H41N6O2+. The first-order valence-electron chi connectivity index (χ1n) is 15.3. The largest absolute Gasteiger partial charge is 0.444 e. The molecule has 6 N–H and O–H groups in total. The molecule has 1 aromatic heterocycles. The number of nitrogens with two attached hydrogens (primary N) is 2. The van der Waals surface area contributed by atoms with E-state index < -0.39 is 5.60 Å². The molecule has 0 bridgehead atoms. The molecule has 2 aliphatic carbocycles. The lowest BCUT2D eigenvalue weighted by molar-refractivity contribution is -0.712. The van der Waals surface area contributed by atoms with Crippen LogP contribution in [0.25, 0.3) is 16.5 Å². The summed E-state index contributed by atoms with van der Waals surface area (Å²) >= 11 is 0. The van der Waals surface area contributed by atoms with E-state index in [1.807, 2.05) is 37.9 Å². The summed E-state index contributed by atoms with van der Waals surface area (Å²) in [6, 6.07) is 13.3. The summed E-state index contributed by atoms with van der Waals surface area (Å²) in [4.78, 5) is 22.7. The van der Waals surface area contributed by atoms with Gasteiger partial charge >= 0.3 is 6.09 Å². The van der Waals surface area contributed by atoms with Gasteiger partial charge in [-0.15, -0.1) is 0 Å². The van der Waals surface area contributed by atoms with Gasteiger partial charge < -0.3 is 26.1 Å². The van der Waals surface area contributed by atoms with Crippen molar-refractivity contribution in [2.24, 2.45) is 11.7 Å². The molecule has 218 valence electrons. The van der Waals surface area contributed by atoms with Gasteiger partial charge in [-0.1, -0.05) is 24.1 Å². The molecule has 2 aliphatic heterocycles. The molecule has 7 rings (SSSR count). The van der Waals surface area contributed by atoms with Gasteiger partial charge in [0.05, 0.1) is 30.0 Å². The van der Waals surface area contributed by atoms with Crippen molar-refractivity contribution in [3.8, 4) is 11.8 Å². The number of H-pyrrole nitrogens is 1. The van der Waals surface area contributed by atoms with E-state index in [4.69, 9.17) is 10.5 Å². The van der Waals surface area contributed by atoms with Gasteiger partial charge in [-0.05, 0) is 80.0 Å². The summed E-state index contributed by atoms with van der Waals surface area (Å²) in [6.45, 7) is 6.66. The number of carbonyl (C=O) groups excluding carboxylic acids is 1. The highest BCUT2D eigenvalue weighted by molar-refractivity contribution is 5.87. The van der Waals surface area contributed by atoms with E-state index in [0.717, 1.165) is 58.5 Å². The number of aromatic amines is 1. The van der Waals surface area contributed by atoms with Crippen LogP contribution in [0.4, 0.5) is 4.79 Å². The number of nitrogens with zero attached hydrogens (tertiary/aromatic N) is 2. The van der Waals surface area contributed by atoms with Crippen LogP contribution >= 0.6 is 0 Å². The molecule has 3 aromatic rings. The molecule has 8 heteroatoms. The van der Waals surface area contributed by atoms with Crippen LogP contribution in [0.5, 0.6) is 0 Å². The number of quaternary nitrogens is 1. The Morgan fingerprint density at radius 1 is 1.19 bits per heavy atom. The van der Waals surface area contributed by atoms with E-state index in [0.29, 0.717) is 17.5 Å². The van der Waals surface area contributed by atoms with Crippen molar-refractivity contribution in [3.63, 3.8) is 0 Å². The quantitative estimate of drug-likeness (QED) is 0.348. The summed E-state index contributed by atoms with van der Waals surface area (Å²) in [6.07, 6.45) is 10.8. The SMILES string of the molecule is CC(C)(C)OC(=O)N1C(c2ncc(C#Cc3ccc4cc(C(N)=CNCC5CCC6(CC6)[NH2+]5)ccc4c3)[nH]2)CC2CC21. The number of ether oxygens (including phenoxy) is 1. The van der Waals surface area contributed by atoms with Gasteiger partial charge in [0.25, 0.3) is 0 Å². The van der Waals surface area contributed by atoms with Crippen molar-refractivity contribution in [2.45, 2.75) is 88.6 Å². The number of nitrogens with one attached hydrogen (secondary N) is 2. The Labute approximate surface area is 247 Å². The second-order valence-electron chi connectivity index (χ2n) is 13.7. The van der Waals surface area contributed by atoms with Gasteiger partial charge in [-0.2, -0.15) is 0 Å². The number of rotatable bonds is 5. The van der Waals surface area contributed by atoms with Gasteiger partial charge in [0.2, 0.25) is 0 Å². The minimum absolute atomic E-state index is 0.0957. The topological polar surface area (TPSA) is 113 Å². The molecule has 4 fully saturated rings. The van der Waals surface area contributed by atoms with Crippen molar-refractivity contribution in [1.29, 1.82) is 0 Å². The normalized spacial score (nSPS) is 25.7. The highest BCUT2D eigenvalue weighted by Gasteiger charge is 2.56. The van der Waals surface area contributed by atoms with Crippen molar-refractivity contribution in [3.05, 3.63) is 71.4 Å². The van der Waals surface area contributed by atoms with Crippen LogP contribution in [0.1, 0.15) is 88.0 Å². The predicted molar refractivity (Wildman–Crippen MR) is 163 cm³/mol. The standard InChI is InChI=1S/C34H40N6O2/c1-33(2,3)42-32(41)40-29-16-25(29)17-30(40)31-37-19-26(38-31)9-5-21-4-6-23-15-24(8-7-22(23)14-21)28(35)20-36-18-27-10-11-34(39-27)12-13-34/h4,6-8,14-15,19-20,25,27,29-30,36,39H,10-13,16-18,35H2,1-3H3,(H,37,38)/p+1. The fraction of sp³-hybridized carbons (Fsp3) is 0.471. The van der Waals surface area contributed by atoms with E-state index in [2.05, 4.69) is 62.8 Å². The fourth-order valence-corrected chi connectivity index (χ4v) is 6.77. The number of imidazole rings is 1. The Morgan fingerprint density at radius 2 is 2.00 bits per heavy atom. The van der Waals surface area contributed by atoms with Crippen molar-refractivity contribution >= 4 is 22.6 Å². The lowest BCUT2D eigenvalue weighted by atomic mass is 10.0. The molecule has 8 nitrogen and oxygen atoms in total. The summed E-state index contributed by atoms with van der Waals surface area (Å²) in [7, 11) is 0. The molecule has 4 atom stereocenters. The van der Waals surface area contributed by atoms with Crippen LogP contribution in [-0.2, 0) is 4.74 Å². The maximum Gasteiger partial charge on any atom is 0.411 e. The first-order valence-corrected chi connectivity index (χ1v) is 15.3. The highest BCUT2D eigenvalue weighted by atomic mass is 16.6. The molecule has 3 heterocycles. The van der Waals surface area contributed by atoms with Crippen LogP contribution in [-0.4, -0.2) is 50.7 Å². The summed E-state index contributed by atoms with van der Waals surface area (Å²) in [5.74, 6) is 7.79. The Hall–Kier alpha value is -3.96. The Kier molecular flexibility index (Phi) is 6.47. The van der Waals surface area contributed by atoms with Crippen molar-refractivity contribution in [1.82, 2.24) is 20.2 Å². The molecule has 4 aliphatic rings. The maximum absolute atomic E-state index is 12.9. The smallest absolute Gasteiger partial charge is 0.411 e. The van der Waals surface area contributed by atoms with E-state index in [9.17, 15) is 4.79 Å². The van der Waals surface area contributed by atoms with Crippen LogP contribution in [0, 0.1) is 17.8 Å². The highest BCUT2D eigenvalue weighted by Crippen LogP contribution is 2.53. The Balaban J connectivity index is 0.996. The van der Waals surface area contributed by atoms with E-state index in [1.165, 1.54) is 25.7 Å². The number of amides is 1. The van der Waals surface area contributed by atoms with E-state index in [-0.39, 0.29) is 18.2 Å². The molecule has 2 aromatic carbocycles. The zero-order chi connectivity index (χ0) is 29.1. The number of carbonyl (C=O) groups is 1. The zero-order valence-corrected chi connectivity index (χ0v) is 24.7. The first kappa shape index (κ1) is 26.9. The van der Waals surface area contributed by atoms with Crippen molar-refractivity contribution in [2.75, 3.05) is 6.54 Å². The van der Waals surface area contributed by atoms with Gasteiger partial charge in [-0.25, -0.2) is 9.78 Å². The molecule has 2 saturated heterocycles. The molecule has 4 unspecified atom stereocenters. The number of aromatic nitrogens is 2. The lowest BCUT2D eigenvalue weighted by Crippen LogP contribution is -2.94. The number of piperidine rings is 1. The van der Waals surface area contributed by atoms with Crippen LogP contribution in [0.15, 0.2) is 48.8 Å². The fourth-order valence-electron chi connectivity index (χ4n) is 6.77. The number of fused-ring (bicyclic) bond motifs is 2. The summed E-state index contributed by atoms with van der Waals surface area (Å²) in [5, 5.41) is 8.26. The van der Waals surface area contributed by atoms with Crippen LogP contribution in [0.3, 0.4) is 0 Å². The molecule has 1 spiro atoms. The second kappa shape index (κ2) is 10.1. The van der Waals surface area contributed by atoms with Crippen LogP contribution in [0.2, 0.25) is 0 Å². The van der Waals surface area contributed by atoms with Gasteiger partial charge in [0, 0.05) is 43.5 Å². The minimum Gasteiger partial charge on any atom is -0.444 e. The Bertz CT molecular complexity index is 1620. The number of hydrogen-bond donors (Lipinski definition) is 4. The second-order valence-corrected chi connectivity index (χ2v) is 13.7. The van der Waals surface area contributed by atoms with Gasteiger partial charge in [0.1, 0.15) is 23.2 Å². The van der Waals surface area contributed by atoms with E-state index >= 15 is 0 Å². The third kappa shape index (κ3) is 5.58. The van der Waals surface area contributed by atoms with Gasteiger partial charge in [-0.3, -0.25) is 4.90 Å². The molecule has 2 saturated carbocycles. The third-order valence-electron chi connectivity index (χ3n) is 9.27. The number of hydrogen-bond acceptors (Lipinski definition) is 5.